The van der Waals surface area contributed by atoms with E-state index in [4.69, 9.17) is 0 Å². The lowest BCUT2D eigenvalue weighted by Crippen LogP contribution is -2.07. The maximum Gasteiger partial charge on any atom is 0.352 e. The molecule has 0 unspecified atom stereocenters. The number of hydrogen-bond acceptors (Lipinski definition) is 3. The molecule has 0 fully saturated rings. The summed E-state index contributed by atoms with van der Waals surface area (Å²) < 4.78 is 0. The Morgan fingerprint density at radius 1 is 0.750 bits per heavy atom. The molecule has 0 saturated heterocycles. The molecular formula is C17H20N2O5. The minimum Gasteiger partial charge on any atom is -0.477 e. The first kappa shape index (κ1) is 17.5. The fourth-order valence-electron chi connectivity index (χ4n) is 3.09. The van der Waals surface area contributed by atoms with Crippen LogP contribution in [-0.2, 0) is 12.8 Å². The molecule has 0 spiro atoms. The molecule has 0 aliphatic carbocycles. The third-order valence-electron chi connectivity index (χ3n) is 4.35. The van der Waals surface area contributed by atoms with Crippen LogP contribution in [0.25, 0.3) is 0 Å². The molecule has 7 heteroatoms. The molecule has 2 rings (SSSR count). The molecule has 2 heterocycles. The smallest absolute Gasteiger partial charge is 0.352 e. The highest BCUT2D eigenvalue weighted by Crippen LogP contribution is 2.25. The lowest BCUT2D eigenvalue weighted by atomic mass is 10.0. The molecule has 0 aliphatic rings. The molecule has 4 N–H and O–H groups in total. The van der Waals surface area contributed by atoms with Crippen LogP contribution in [0.3, 0.4) is 0 Å². The van der Waals surface area contributed by atoms with Crippen LogP contribution in [0.5, 0.6) is 0 Å². The Hall–Kier alpha value is -2.83. The van der Waals surface area contributed by atoms with E-state index in [0.717, 1.165) is 0 Å². The van der Waals surface area contributed by atoms with Crippen LogP contribution >= 0.6 is 0 Å². The van der Waals surface area contributed by atoms with Gasteiger partial charge in [-0.25, -0.2) is 9.59 Å². The first-order valence-corrected chi connectivity index (χ1v) is 7.68. The molecule has 0 saturated carbocycles. The van der Waals surface area contributed by atoms with Gasteiger partial charge in [0, 0.05) is 0 Å². The molecule has 128 valence electrons. The van der Waals surface area contributed by atoms with Crippen molar-refractivity contribution in [3.8, 4) is 0 Å². The highest BCUT2D eigenvalue weighted by atomic mass is 16.4. The predicted molar refractivity (Wildman–Crippen MR) is 87.2 cm³/mol. The Bertz CT molecular complexity index is 774. The number of carboxylic acids is 2. The zero-order valence-electron chi connectivity index (χ0n) is 14.0. The van der Waals surface area contributed by atoms with Gasteiger partial charge in [0.25, 0.3) is 0 Å². The molecule has 0 atom stereocenters. The molecule has 24 heavy (non-hydrogen) atoms. The van der Waals surface area contributed by atoms with Crippen LogP contribution < -0.4 is 0 Å². The van der Waals surface area contributed by atoms with E-state index in [9.17, 15) is 24.6 Å². The molecule has 2 aromatic rings. The van der Waals surface area contributed by atoms with E-state index in [-0.39, 0.29) is 22.8 Å². The van der Waals surface area contributed by atoms with E-state index < -0.39 is 17.7 Å². The number of aromatic nitrogens is 2. The van der Waals surface area contributed by atoms with Crippen molar-refractivity contribution in [2.24, 2.45) is 0 Å². The SMILES string of the molecule is CCc1c(C(=O)O)[nH]c(C(=O)c2[nH]c(C(=O)O)c(CC)c2C)c1C. The summed E-state index contributed by atoms with van der Waals surface area (Å²) in [5.41, 5.74) is 2.64. The average molecular weight is 332 g/mol. The monoisotopic (exact) mass is 332 g/mol. The van der Waals surface area contributed by atoms with Gasteiger partial charge in [-0.2, -0.15) is 0 Å². The fraction of sp³-hybridized carbons (Fsp3) is 0.353. The lowest BCUT2D eigenvalue weighted by Gasteiger charge is -2.01. The number of H-pyrrole nitrogens is 2. The summed E-state index contributed by atoms with van der Waals surface area (Å²) in [6.07, 6.45) is 0.948. The second-order valence-corrected chi connectivity index (χ2v) is 5.60. The Morgan fingerprint density at radius 2 is 1.08 bits per heavy atom. The zero-order valence-corrected chi connectivity index (χ0v) is 14.0. The van der Waals surface area contributed by atoms with Gasteiger partial charge in [0.2, 0.25) is 5.78 Å². The minimum absolute atomic E-state index is 0.00303. The third-order valence-corrected chi connectivity index (χ3v) is 4.35. The Labute approximate surface area is 138 Å². The van der Waals surface area contributed by atoms with E-state index in [1.54, 1.807) is 13.8 Å². The number of aromatic amines is 2. The molecule has 7 nitrogen and oxygen atoms in total. The summed E-state index contributed by atoms with van der Waals surface area (Å²) in [5.74, 6) is -2.69. The van der Waals surface area contributed by atoms with Gasteiger partial charge >= 0.3 is 11.9 Å². The Morgan fingerprint density at radius 3 is 1.29 bits per heavy atom. The molecule has 0 radical (unpaired) electrons. The first-order chi connectivity index (χ1) is 11.2. The third kappa shape index (κ3) is 2.62. The summed E-state index contributed by atoms with van der Waals surface area (Å²) in [5, 5.41) is 18.5. The van der Waals surface area contributed by atoms with Crippen molar-refractivity contribution < 1.29 is 24.6 Å². The number of hydrogen-bond donors (Lipinski definition) is 4. The number of carboxylic acid groups (broad SMARTS) is 2. The summed E-state index contributed by atoms with van der Waals surface area (Å²) in [4.78, 5) is 40.9. The van der Waals surface area contributed by atoms with Crippen LogP contribution in [0.15, 0.2) is 0 Å². The Balaban J connectivity index is 2.62. The second kappa shape index (κ2) is 6.35. The van der Waals surface area contributed by atoms with Gasteiger partial charge in [-0.05, 0) is 48.9 Å². The maximum absolute atomic E-state index is 12.8. The lowest BCUT2D eigenvalue weighted by molar-refractivity contribution is 0.0679. The van der Waals surface area contributed by atoms with Crippen LogP contribution in [0.4, 0.5) is 0 Å². The van der Waals surface area contributed by atoms with Gasteiger partial charge < -0.3 is 20.2 Å². The minimum atomic E-state index is -1.13. The number of carbonyl (C=O) groups is 3. The van der Waals surface area contributed by atoms with Gasteiger partial charge in [0.1, 0.15) is 11.4 Å². The normalized spacial score (nSPS) is 10.8. The number of nitrogens with one attached hydrogen (secondary N) is 2. The van der Waals surface area contributed by atoms with Crippen LogP contribution in [-0.4, -0.2) is 37.9 Å². The number of ketones is 1. The molecule has 2 aromatic heterocycles. The van der Waals surface area contributed by atoms with Gasteiger partial charge in [0.15, 0.2) is 0 Å². The standard InChI is InChI=1S/C17H20N2O5/c1-5-9-7(3)11(18-13(9)16(21)22)15(20)12-8(4)10(6-2)14(19-12)17(23)24/h18-19H,5-6H2,1-4H3,(H,21,22)(H,23,24). The van der Waals surface area contributed by atoms with Crippen molar-refractivity contribution in [3.63, 3.8) is 0 Å². The highest BCUT2D eigenvalue weighted by Gasteiger charge is 2.27. The molecular weight excluding hydrogens is 312 g/mol. The van der Waals surface area contributed by atoms with Crippen molar-refractivity contribution in [3.05, 3.63) is 45.0 Å². The molecule has 0 aliphatic heterocycles. The van der Waals surface area contributed by atoms with E-state index in [1.807, 2.05) is 13.8 Å². The first-order valence-electron chi connectivity index (χ1n) is 7.68. The topological polar surface area (TPSA) is 123 Å². The fourth-order valence-corrected chi connectivity index (χ4v) is 3.09. The Kier molecular flexibility index (Phi) is 4.64. The number of rotatable bonds is 6. The van der Waals surface area contributed by atoms with Gasteiger partial charge in [-0.3, -0.25) is 4.79 Å². The predicted octanol–water partition coefficient (Wildman–Crippen LogP) is 2.71. The van der Waals surface area contributed by atoms with Crippen LogP contribution in [0.1, 0.15) is 73.3 Å². The van der Waals surface area contributed by atoms with Crippen molar-refractivity contribution in [2.45, 2.75) is 40.5 Å². The summed E-state index contributed by atoms with van der Waals surface area (Å²) in [6.45, 7) is 7.00. The average Bonchev–Trinajstić information content (AvgIpc) is 3.03. The van der Waals surface area contributed by atoms with Crippen molar-refractivity contribution in [1.29, 1.82) is 0 Å². The van der Waals surface area contributed by atoms with Crippen molar-refractivity contribution in [1.82, 2.24) is 9.97 Å². The van der Waals surface area contributed by atoms with Crippen molar-refractivity contribution >= 4 is 17.7 Å². The van der Waals surface area contributed by atoms with Gasteiger partial charge in [-0.15, -0.1) is 0 Å². The molecule has 0 bridgehead atoms. The number of carbonyl (C=O) groups excluding carboxylic acids is 1. The van der Waals surface area contributed by atoms with Crippen LogP contribution in [0, 0.1) is 13.8 Å². The van der Waals surface area contributed by atoms with E-state index in [0.29, 0.717) is 35.1 Å². The van der Waals surface area contributed by atoms with Crippen molar-refractivity contribution in [2.75, 3.05) is 0 Å². The number of aromatic carboxylic acids is 2. The van der Waals surface area contributed by atoms with E-state index in [1.165, 1.54) is 0 Å². The summed E-state index contributed by atoms with van der Waals surface area (Å²) in [6, 6.07) is 0. The second-order valence-electron chi connectivity index (χ2n) is 5.60. The summed E-state index contributed by atoms with van der Waals surface area (Å²) >= 11 is 0. The quantitative estimate of drug-likeness (QED) is 0.606. The largest absolute Gasteiger partial charge is 0.477 e. The molecule has 0 aromatic carbocycles. The molecule has 0 amide bonds. The van der Waals surface area contributed by atoms with Gasteiger partial charge in [-0.1, -0.05) is 13.8 Å². The highest BCUT2D eigenvalue weighted by molar-refractivity contribution is 6.10. The van der Waals surface area contributed by atoms with Crippen LogP contribution in [0.2, 0.25) is 0 Å². The van der Waals surface area contributed by atoms with Gasteiger partial charge in [0.05, 0.1) is 11.4 Å². The maximum atomic E-state index is 12.8. The summed E-state index contributed by atoms with van der Waals surface area (Å²) in [7, 11) is 0. The zero-order chi connectivity index (χ0) is 18.2. The van der Waals surface area contributed by atoms with E-state index in [2.05, 4.69) is 9.97 Å². The van der Waals surface area contributed by atoms with E-state index >= 15 is 0 Å².